The molecule has 11 heteroatoms. The summed E-state index contributed by atoms with van der Waals surface area (Å²) in [6.45, 7) is 4.83. The summed E-state index contributed by atoms with van der Waals surface area (Å²) in [6.07, 6.45) is -1.70. The van der Waals surface area contributed by atoms with Gasteiger partial charge in [-0.15, -0.1) is 0 Å². The molecule has 0 spiro atoms. The van der Waals surface area contributed by atoms with Crippen molar-refractivity contribution in [3.05, 3.63) is 48.3 Å². The minimum absolute atomic E-state index is 0.00278. The van der Waals surface area contributed by atoms with Gasteiger partial charge in [0, 0.05) is 31.2 Å². The van der Waals surface area contributed by atoms with Gasteiger partial charge >= 0.3 is 6.18 Å². The van der Waals surface area contributed by atoms with E-state index in [-0.39, 0.29) is 36.9 Å². The van der Waals surface area contributed by atoms with E-state index < -0.39 is 23.9 Å². The van der Waals surface area contributed by atoms with E-state index in [0.717, 1.165) is 6.07 Å². The first-order valence-corrected chi connectivity index (χ1v) is 9.31. The smallest absolute Gasteiger partial charge is 0.352 e. The van der Waals surface area contributed by atoms with Gasteiger partial charge in [-0.05, 0) is 31.8 Å². The Balaban J connectivity index is 1.76. The predicted molar refractivity (Wildman–Crippen MR) is 110 cm³/mol. The van der Waals surface area contributed by atoms with Crippen LogP contribution in [0.15, 0.2) is 52.5 Å². The molecule has 31 heavy (non-hydrogen) atoms. The molecule has 2 N–H and O–H groups in total. The highest BCUT2D eigenvalue weighted by Crippen LogP contribution is 2.24. The monoisotopic (exact) mass is 436 g/mol. The summed E-state index contributed by atoms with van der Waals surface area (Å²) in [4.78, 5) is 25.8. The van der Waals surface area contributed by atoms with Crippen LogP contribution in [0.2, 0.25) is 0 Å². The number of halogens is 4. The number of aliphatic imine (C=N–C) groups is 2. The lowest BCUT2D eigenvalue weighted by molar-refractivity contribution is -0.163. The number of anilines is 1. The Morgan fingerprint density at radius 3 is 2.90 bits per heavy atom. The van der Waals surface area contributed by atoms with Gasteiger partial charge in [0.05, 0.1) is 17.4 Å². The summed E-state index contributed by atoms with van der Waals surface area (Å²) >= 11 is 0. The number of nitrogens with zero attached hydrogens (tertiary/aromatic N) is 4. The zero-order valence-electron chi connectivity index (χ0n) is 16.6. The Bertz CT molecular complexity index is 1050. The van der Waals surface area contributed by atoms with Crippen molar-refractivity contribution in [2.45, 2.75) is 19.1 Å². The van der Waals surface area contributed by atoms with Crippen molar-refractivity contribution in [3.63, 3.8) is 0 Å². The van der Waals surface area contributed by atoms with Crippen LogP contribution >= 0.6 is 0 Å². The van der Waals surface area contributed by atoms with Crippen LogP contribution < -0.4 is 10.6 Å². The van der Waals surface area contributed by atoms with Crippen LogP contribution in [0.3, 0.4) is 0 Å². The number of fused-ring (bicyclic) bond motifs is 1. The first-order valence-electron chi connectivity index (χ1n) is 9.31. The lowest BCUT2D eigenvalue weighted by atomic mass is 10.2. The molecule has 1 aliphatic rings. The van der Waals surface area contributed by atoms with Gasteiger partial charge < -0.3 is 15.5 Å². The van der Waals surface area contributed by atoms with E-state index in [4.69, 9.17) is 0 Å². The Morgan fingerprint density at radius 1 is 1.42 bits per heavy atom. The highest BCUT2D eigenvalue weighted by molar-refractivity contribution is 6.42. The zero-order valence-corrected chi connectivity index (χ0v) is 16.6. The molecule has 1 atom stereocenters. The van der Waals surface area contributed by atoms with E-state index in [1.165, 1.54) is 30.3 Å². The number of carbonyl (C=O) groups is 1. The van der Waals surface area contributed by atoms with Crippen LogP contribution in [-0.4, -0.2) is 60.1 Å². The van der Waals surface area contributed by atoms with Crippen LogP contribution in [0.5, 0.6) is 0 Å². The molecular weight excluding hydrogens is 416 g/mol. The van der Waals surface area contributed by atoms with Gasteiger partial charge in [-0.2, -0.15) is 13.2 Å². The number of aromatic nitrogens is 1. The maximum Gasteiger partial charge on any atom is 0.405 e. The average molecular weight is 436 g/mol. The van der Waals surface area contributed by atoms with E-state index in [0.29, 0.717) is 10.9 Å². The number of alkyl halides is 3. The summed E-state index contributed by atoms with van der Waals surface area (Å²) < 4.78 is 52.8. The van der Waals surface area contributed by atoms with Crippen molar-refractivity contribution in [2.75, 3.05) is 25.0 Å². The van der Waals surface area contributed by atoms with Gasteiger partial charge in [-0.1, -0.05) is 6.07 Å². The molecule has 1 saturated heterocycles. The van der Waals surface area contributed by atoms with Crippen molar-refractivity contribution in [3.8, 4) is 0 Å². The largest absolute Gasteiger partial charge is 0.405 e. The van der Waals surface area contributed by atoms with E-state index in [9.17, 15) is 22.4 Å². The lowest BCUT2D eigenvalue weighted by Crippen LogP contribution is -2.56. The van der Waals surface area contributed by atoms with E-state index in [1.807, 2.05) is 0 Å². The fraction of sp³-hybridized carbons (Fsp3) is 0.300. The predicted octanol–water partition coefficient (Wildman–Crippen LogP) is 3.11. The number of piperazine rings is 1. The number of rotatable bonds is 5. The summed E-state index contributed by atoms with van der Waals surface area (Å²) in [5, 5.41) is 5.48. The number of pyridine rings is 1. The highest BCUT2D eigenvalue weighted by atomic mass is 19.4. The summed E-state index contributed by atoms with van der Waals surface area (Å²) in [7, 11) is 0. The third-order valence-electron chi connectivity index (χ3n) is 4.68. The fourth-order valence-electron chi connectivity index (χ4n) is 3.08. The molecule has 164 valence electrons. The molecule has 2 heterocycles. The molecule has 0 bridgehead atoms. The molecule has 1 aromatic carbocycles. The number of benzene rings is 1. The average Bonchev–Trinajstić information content (AvgIpc) is 2.73. The van der Waals surface area contributed by atoms with Crippen LogP contribution in [0.4, 0.5) is 23.2 Å². The minimum atomic E-state index is -4.40. The first kappa shape index (κ1) is 22.3. The van der Waals surface area contributed by atoms with Crippen LogP contribution in [-0.2, 0) is 4.79 Å². The van der Waals surface area contributed by atoms with Crippen molar-refractivity contribution in [1.29, 1.82) is 0 Å². The Hall–Kier alpha value is -3.34. The summed E-state index contributed by atoms with van der Waals surface area (Å²) in [5.74, 6) is -1.05. The number of hydrogen-bond donors (Lipinski definition) is 2. The number of nitrogens with one attached hydrogen (secondary N) is 2. The standard InChI is InChI=1S/C20H20F4N6O/c1-12(19(31)29-15-9-14(21)8-13-4-3-5-27-18(13)15)28-10-17(25-2)30-7-6-26-16(11-30)20(22,23)24/h3-5,8-10,16,26H,2,6-7,11H2,1H3,(H,29,31)/b17-10+,28-12?. The Labute approximate surface area is 175 Å². The van der Waals surface area contributed by atoms with Crippen LogP contribution in [0, 0.1) is 5.82 Å². The molecule has 2 aromatic rings. The molecule has 1 aromatic heterocycles. The third-order valence-corrected chi connectivity index (χ3v) is 4.68. The number of hydrogen-bond acceptors (Lipinski definition) is 6. The molecule has 1 unspecified atom stereocenters. The van der Waals surface area contributed by atoms with Crippen molar-refractivity contribution in [1.82, 2.24) is 15.2 Å². The van der Waals surface area contributed by atoms with Gasteiger partial charge in [-0.25, -0.2) is 9.38 Å². The SMILES string of the molecule is C=N/C(=C\N=C(C)C(=O)Nc1cc(F)cc2cccnc12)N1CCNC(C(F)(F)F)C1. The molecule has 7 nitrogen and oxygen atoms in total. The van der Waals surface area contributed by atoms with Gasteiger partial charge in [0.2, 0.25) is 0 Å². The van der Waals surface area contributed by atoms with Crippen LogP contribution in [0.1, 0.15) is 6.92 Å². The van der Waals surface area contributed by atoms with Gasteiger partial charge in [-0.3, -0.25) is 14.8 Å². The fourth-order valence-corrected chi connectivity index (χ4v) is 3.08. The van der Waals surface area contributed by atoms with Crippen molar-refractivity contribution < 1.29 is 22.4 Å². The van der Waals surface area contributed by atoms with Crippen molar-refractivity contribution >= 4 is 34.9 Å². The quantitative estimate of drug-likeness (QED) is 0.558. The second kappa shape index (κ2) is 9.21. The second-order valence-corrected chi connectivity index (χ2v) is 6.84. The maximum atomic E-state index is 13.8. The normalized spacial score (nSPS) is 18.2. The van der Waals surface area contributed by atoms with Gasteiger partial charge in [0.25, 0.3) is 5.91 Å². The number of amides is 1. The zero-order chi connectivity index (χ0) is 22.6. The summed E-state index contributed by atoms with van der Waals surface area (Å²) in [6, 6.07) is 4.05. The van der Waals surface area contributed by atoms with E-state index in [2.05, 4.69) is 32.3 Å². The van der Waals surface area contributed by atoms with Crippen molar-refractivity contribution in [2.24, 2.45) is 9.98 Å². The van der Waals surface area contributed by atoms with Crippen LogP contribution in [0.25, 0.3) is 10.9 Å². The van der Waals surface area contributed by atoms with E-state index in [1.54, 1.807) is 12.1 Å². The van der Waals surface area contributed by atoms with Gasteiger partial charge in [0.15, 0.2) is 0 Å². The maximum absolute atomic E-state index is 13.8. The Kier molecular flexibility index (Phi) is 6.64. The highest BCUT2D eigenvalue weighted by Gasteiger charge is 2.42. The molecule has 1 amide bonds. The Morgan fingerprint density at radius 2 is 2.19 bits per heavy atom. The van der Waals surface area contributed by atoms with E-state index >= 15 is 0 Å². The molecule has 3 rings (SSSR count). The molecular formula is C20H20F4N6O. The molecule has 0 aliphatic carbocycles. The van der Waals surface area contributed by atoms with Gasteiger partial charge in [0.1, 0.15) is 23.4 Å². The molecule has 0 saturated carbocycles. The minimum Gasteiger partial charge on any atom is -0.352 e. The molecule has 1 fully saturated rings. The number of carbonyl (C=O) groups excluding carboxylic acids is 1. The first-order chi connectivity index (χ1) is 14.7. The second-order valence-electron chi connectivity index (χ2n) is 6.84. The molecule has 0 radical (unpaired) electrons. The lowest BCUT2D eigenvalue weighted by Gasteiger charge is -2.35. The summed E-state index contributed by atoms with van der Waals surface area (Å²) in [5.41, 5.74) is 0.585. The third kappa shape index (κ3) is 5.43. The molecule has 1 aliphatic heterocycles. The topological polar surface area (TPSA) is 82.0 Å².